The predicted octanol–water partition coefficient (Wildman–Crippen LogP) is 2.26. The van der Waals surface area contributed by atoms with Crippen molar-refractivity contribution in [2.75, 3.05) is 30.4 Å². The second kappa shape index (κ2) is 6.16. The first-order valence-electron chi connectivity index (χ1n) is 5.90. The summed E-state index contributed by atoms with van der Waals surface area (Å²) in [7, 11) is 0. The molecule has 0 saturated carbocycles. The number of aromatic nitrogens is 2. The van der Waals surface area contributed by atoms with Crippen LogP contribution in [0.2, 0.25) is 0 Å². The Labute approximate surface area is 110 Å². The first-order valence-corrected chi connectivity index (χ1v) is 6.69. The second-order valence-electron chi connectivity index (χ2n) is 4.02. The number of hydrogen-bond donors (Lipinski definition) is 2. The molecule has 1 unspecified atom stereocenters. The number of anilines is 2. The minimum absolute atomic E-state index is 0.347. The number of halogens is 1. The number of nitrogens with one attached hydrogen (secondary N) is 2. The van der Waals surface area contributed by atoms with Crippen molar-refractivity contribution in [3.63, 3.8) is 0 Å². The van der Waals surface area contributed by atoms with E-state index in [1.165, 1.54) is 0 Å². The van der Waals surface area contributed by atoms with E-state index in [0.29, 0.717) is 6.04 Å². The standard InChI is InChI=1S/C11H17BrN4O/c1-2-4-13-10-9(12)11(15-7-14-10)16-8-3-5-17-6-8/h7-8H,2-6H2,1H3,(H2,13,14,15,16). The van der Waals surface area contributed by atoms with Gasteiger partial charge in [-0.25, -0.2) is 9.97 Å². The van der Waals surface area contributed by atoms with Crippen LogP contribution in [-0.2, 0) is 4.74 Å². The van der Waals surface area contributed by atoms with E-state index in [1.54, 1.807) is 6.33 Å². The predicted molar refractivity (Wildman–Crippen MR) is 71.4 cm³/mol. The Kier molecular flexibility index (Phi) is 4.56. The number of hydrogen-bond acceptors (Lipinski definition) is 5. The minimum Gasteiger partial charge on any atom is -0.379 e. The van der Waals surface area contributed by atoms with Gasteiger partial charge in [-0.1, -0.05) is 6.92 Å². The first kappa shape index (κ1) is 12.6. The van der Waals surface area contributed by atoms with Crippen LogP contribution in [0.4, 0.5) is 11.6 Å². The van der Waals surface area contributed by atoms with Gasteiger partial charge in [0, 0.05) is 13.2 Å². The molecular weight excluding hydrogens is 284 g/mol. The molecule has 2 N–H and O–H groups in total. The summed E-state index contributed by atoms with van der Waals surface area (Å²) in [6, 6.07) is 0.347. The van der Waals surface area contributed by atoms with E-state index >= 15 is 0 Å². The Hall–Kier alpha value is -0.880. The molecule has 1 aliphatic rings. The fraction of sp³-hybridized carbons (Fsp3) is 0.636. The topological polar surface area (TPSA) is 59.1 Å². The van der Waals surface area contributed by atoms with Crippen LogP contribution >= 0.6 is 15.9 Å². The summed E-state index contributed by atoms with van der Waals surface area (Å²) in [4.78, 5) is 8.46. The fourth-order valence-electron chi connectivity index (χ4n) is 1.68. The summed E-state index contributed by atoms with van der Waals surface area (Å²) in [5.41, 5.74) is 0. The third kappa shape index (κ3) is 3.29. The van der Waals surface area contributed by atoms with Crippen LogP contribution in [-0.4, -0.2) is 35.8 Å². The lowest BCUT2D eigenvalue weighted by Crippen LogP contribution is -2.20. The van der Waals surface area contributed by atoms with E-state index in [9.17, 15) is 0 Å². The summed E-state index contributed by atoms with van der Waals surface area (Å²) < 4.78 is 6.22. The fourth-order valence-corrected chi connectivity index (χ4v) is 2.14. The smallest absolute Gasteiger partial charge is 0.146 e. The Bertz CT molecular complexity index is 368. The van der Waals surface area contributed by atoms with Crippen molar-refractivity contribution in [2.24, 2.45) is 0 Å². The maximum atomic E-state index is 5.33. The molecule has 0 amide bonds. The van der Waals surface area contributed by atoms with Crippen LogP contribution in [0.25, 0.3) is 0 Å². The van der Waals surface area contributed by atoms with Crippen LogP contribution in [0.3, 0.4) is 0 Å². The molecule has 1 aliphatic heterocycles. The molecule has 6 heteroatoms. The van der Waals surface area contributed by atoms with Gasteiger partial charge in [-0.05, 0) is 28.8 Å². The average molecular weight is 301 g/mol. The van der Waals surface area contributed by atoms with Gasteiger partial charge in [0.05, 0.1) is 12.6 Å². The molecule has 0 bridgehead atoms. The maximum absolute atomic E-state index is 5.33. The summed E-state index contributed by atoms with van der Waals surface area (Å²) in [6.07, 6.45) is 3.66. The highest BCUT2D eigenvalue weighted by Crippen LogP contribution is 2.27. The molecule has 0 aromatic carbocycles. The Morgan fingerprint density at radius 3 is 3.00 bits per heavy atom. The molecule has 1 saturated heterocycles. The molecule has 2 heterocycles. The summed E-state index contributed by atoms with van der Waals surface area (Å²) in [6.45, 7) is 4.59. The van der Waals surface area contributed by atoms with Crippen LogP contribution in [0.5, 0.6) is 0 Å². The summed E-state index contributed by atoms with van der Waals surface area (Å²) in [5, 5.41) is 6.62. The molecule has 0 spiro atoms. The molecule has 1 atom stereocenters. The van der Waals surface area contributed by atoms with E-state index in [2.05, 4.69) is 43.5 Å². The highest BCUT2D eigenvalue weighted by atomic mass is 79.9. The molecule has 0 radical (unpaired) electrons. The quantitative estimate of drug-likeness (QED) is 0.873. The summed E-state index contributed by atoms with van der Waals surface area (Å²) >= 11 is 3.53. The van der Waals surface area contributed by atoms with Gasteiger partial charge in [0.15, 0.2) is 0 Å². The van der Waals surface area contributed by atoms with Crippen molar-refractivity contribution < 1.29 is 4.74 Å². The third-order valence-corrected chi connectivity index (χ3v) is 3.35. The zero-order valence-electron chi connectivity index (χ0n) is 9.87. The zero-order chi connectivity index (χ0) is 12.1. The molecule has 94 valence electrons. The lowest BCUT2D eigenvalue weighted by Gasteiger charge is -2.14. The lowest BCUT2D eigenvalue weighted by atomic mass is 10.2. The van der Waals surface area contributed by atoms with Crippen molar-refractivity contribution in [3.8, 4) is 0 Å². The van der Waals surface area contributed by atoms with Gasteiger partial charge in [-0.2, -0.15) is 0 Å². The molecule has 0 aliphatic carbocycles. The van der Waals surface area contributed by atoms with Gasteiger partial charge in [0.1, 0.15) is 22.4 Å². The van der Waals surface area contributed by atoms with Crippen LogP contribution < -0.4 is 10.6 Å². The third-order valence-electron chi connectivity index (χ3n) is 2.60. The second-order valence-corrected chi connectivity index (χ2v) is 4.81. The van der Waals surface area contributed by atoms with Gasteiger partial charge >= 0.3 is 0 Å². The zero-order valence-corrected chi connectivity index (χ0v) is 11.5. The lowest BCUT2D eigenvalue weighted by molar-refractivity contribution is 0.195. The minimum atomic E-state index is 0.347. The monoisotopic (exact) mass is 300 g/mol. The van der Waals surface area contributed by atoms with Gasteiger partial charge in [-0.3, -0.25) is 0 Å². The Morgan fingerprint density at radius 2 is 2.29 bits per heavy atom. The van der Waals surface area contributed by atoms with Crippen LogP contribution in [0, 0.1) is 0 Å². The average Bonchev–Trinajstić information content (AvgIpc) is 2.83. The van der Waals surface area contributed by atoms with Crippen LogP contribution in [0.15, 0.2) is 10.8 Å². The van der Waals surface area contributed by atoms with E-state index in [4.69, 9.17) is 4.74 Å². The van der Waals surface area contributed by atoms with Crippen molar-refractivity contribution >= 4 is 27.6 Å². The maximum Gasteiger partial charge on any atom is 0.146 e. The highest BCUT2D eigenvalue weighted by molar-refractivity contribution is 9.10. The largest absolute Gasteiger partial charge is 0.379 e. The summed E-state index contributed by atoms with van der Waals surface area (Å²) in [5.74, 6) is 1.66. The van der Waals surface area contributed by atoms with Crippen molar-refractivity contribution in [2.45, 2.75) is 25.8 Å². The van der Waals surface area contributed by atoms with Gasteiger partial charge in [-0.15, -0.1) is 0 Å². The molecule has 1 aromatic heterocycles. The highest BCUT2D eigenvalue weighted by Gasteiger charge is 2.18. The normalized spacial score (nSPS) is 19.3. The van der Waals surface area contributed by atoms with Crippen molar-refractivity contribution in [1.29, 1.82) is 0 Å². The Balaban J connectivity index is 2.05. The molecule has 17 heavy (non-hydrogen) atoms. The van der Waals surface area contributed by atoms with E-state index in [1.807, 2.05) is 0 Å². The molecule has 1 aromatic rings. The van der Waals surface area contributed by atoms with E-state index in [-0.39, 0.29) is 0 Å². The number of rotatable bonds is 5. The first-order chi connectivity index (χ1) is 8.31. The molecule has 5 nitrogen and oxygen atoms in total. The van der Waals surface area contributed by atoms with Gasteiger partial charge in [0.2, 0.25) is 0 Å². The van der Waals surface area contributed by atoms with Crippen LogP contribution in [0.1, 0.15) is 19.8 Å². The van der Waals surface area contributed by atoms with Gasteiger partial charge < -0.3 is 15.4 Å². The SMILES string of the molecule is CCCNc1ncnc(NC2CCOC2)c1Br. The molecular formula is C11H17BrN4O. The Morgan fingerprint density at radius 1 is 1.47 bits per heavy atom. The number of nitrogens with zero attached hydrogens (tertiary/aromatic N) is 2. The van der Waals surface area contributed by atoms with E-state index < -0.39 is 0 Å². The molecule has 1 fully saturated rings. The molecule has 2 rings (SSSR count). The van der Waals surface area contributed by atoms with Gasteiger partial charge in [0.25, 0.3) is 0 Å². The van der Waals surface area contributed by atoms with Crippen molar-refractivity contribution in [1.82, 2.24) is 9.97 Å². The number of ether oxygens (including phenoxy) is 1. The van der Waals surface area contributed by atoms with Crippen molar-refractivity contribution in [3.05, 3.63) is 10.8 Å². The van der Waals surface area contributed by atoms with E-state index in [0.717, 1.165) is 48.7 Å².